The molecule has 0 amide bonds. The highest BCUT2D eigenvalue weighted by Gasteiger charge is 2.19. The zero-order valence-electron chi connectivity index (χ0n) is 10.1. The smallest absolute Gasteiger partial charge is 0.123 e. The van der Waals surface area contributed by atoms with E-state index in [2.05, 4.69) is 19.2 Å². The second-order valence-electron chi connectivity index (χ2n) is 5.09. The minimum absolute atomic E-state index is 0.108. The van der Waals surface area contributed by atoms with Crippen molar-refractivity contribution in [2.75, 3.05) is 6.54 Å². The van der Waals surface area contributed by atoms with Crippen LogP contribution in [0, 0.1) is 11.7 Å². The number of nitrogens with one attached hydrogen (secondary N) is 1. The SMILES string of the molecule is CC(C)CNC1CCCc2cc(F)ccc21. The van der Waals surface area contributed by atoms with E-state index in [4.69, 9.17) is 0 Å². The lowest BCUT2D eigenvalue weighted by molar-refractivity contribution is 0.425. The Bertz CT molecular complexity index is 360. The molecule has 1 aromatic carbocycles. The van der Waals surface area contributed by atoms with E-state index in [0.29, 0.717) is 12.0 Å². The maximum atomic E-state index is 13.1. The van der Waals surface area contributed by atoms with Crippen LogP contribution in [-0.4, -0.2) is 6.54 Å². The van der Waals surface area contributed by atoms with Gasteiger partial charge in [0.05, 0.1) is 0 Å². The molecule has 0 radical (unpaired) electrons. The van der Waals surface area contributed by atoms with E-state index in [1.165, 1.54) is 17.5 Å². The maximum absolute atomic E-state index is 13.1. The van der Waals surface area contributed by atoms with Gasteiger partial charge in [0.25, 0.3) is 0 Å². The summed E-state index contributed by atoms with van der Waals surface area (Å²) in [4.78, 5) is 0. The van der Waals surface area contributed by atoms with Crippen LogP contribution >= 0.6 is 0 Å². The fraction of sp³-hybridized carbons (Fsp3) is 0.571. The van der Waals surface area contributed by atoms with Gasteiger partial charge in [-0.15, -0.1) is 0 Å². The molecular weight excluding hydrogens is 201 g/mol. The van der Waals surface area contributed by atoms with Crippen molar-refractivity contribution in [1.82, 2.24) is 5.32 Å². The van der Waals surface area contributed by atoms with Crippen molar-refractivity contribution < 1.29 is 4.39 Å². The van der Waals surface area contributed by atoms with Crippen LogP contribution < -0.4 is 5.32 Å². The molecule has 0 aromatic heterocycles. The van der Waals surface area contributed by atoms with Crippen molar-refractivity contribution in [3.05, 3.63) is 35.1 Å². The summed E-state index contributed by atoms with van der Waals surface area (Å²) < 4.78 is 13.1. The first kappa shape index (κ1) is 11.6. The molecule has 2 heteroatoms. The van der Waals surface area contributed by atoms with Crippen LogP contribution in [-0.2, 0) is 6.42 Å². The number of benzene rings is 1. The van der Waals surface area contributed by atoms with Crippen LogP contribution in [0.15, 0.2) is 18.2 Å². The monoisotopic (exact) mass is 221 g/mol. The quantitative estimate of drug-likeness (QED) is 0.824. The molecule has 1 aliphatic rings. The highest BCUT2D eigenvalue weighted by molar-refractivity contribution is 5.32. The number of aryl methyl sites for hydroxylation is 1. The maximum Gasteiger partial charge on any atom is 0.123 e. The molecule has 0 fully saturated rings. The van der Waals surface area contributed by atoms with E-state index in [9.17, 15) is 4.39 Å². The van der Waals surface area contributed by atoms with Gasteiger partial charge in [-0.1, -0.05) is 19.9 Å². The summed E-state index contributed by atoms with van der Waals surface area (Å²) in [6.45, 7) is 5.45. The fourth-order valence-corrected chi connectivity index (χ4v) is 2.37. The molecule has 1 N–H and O–H groups in total. The second kappa shape index (κ2) is 4.96. The molecule has 1 nitrogen and oxygen atoms in total. The van der Waals surface area contributed by atoms with Crippen LogP contribution in [0.3, 0.4) is 0 Å². The molecule has 0 saturated heterocycles. The van der Waals surface area contributed by atoms with Gasteiger partial charge in [-0.05, 0) is 55.0 Å². The average molecular weight is 221 g/mol. The number of rotatable bonds is 3. The van der Waals surface area contributed by atoms with Crippen molar-refractivity contribution in [1.29, 1.82) is 0 Å². The molecule has 88 valence electrons. The molecule has 2 rings (SSSR count). The Hall–Kier alpha value is -0.890. The van der Waals surface area contributed by atoms with Crippen LogP contribution in [0.5, 0.6) is 0 Å². The zero-order chi connectivity index (χ0) is 11.5. The number of hydrogen-bond acceptors (Lipinski definition) is 1. The Morgan fingerprint density at radius 3 is 3.00 bits per heavy atom. The Kier molecular flexibility index (Phi) is 3.59. The molecule has 0 heterocycles. The normalized spacial score (nSPS) is 19.9. The van der Waals surface area contributed by atoms with Gasteiger partial charge >= 0.3 is 0 Å². The molecule has 1 atom stereocenters. The molecule has 1 aromatic rings. The Labute approximate surface area is 97.1 Å². The molecule has 0 saturated carbocycles. The summed E-state index contributed by atoms with van der Waals surface area (Å²) in [6.07, 6.45) is 3.35. The first-order valence-corrected chi connectivity index (χ1v) is 6.18. The van der Waals surface area contributed by atoms with Crippen molar-refractivity contribution in [2.45, 2.75) is 39.2 Å². The molecule has 1 unspecified atom stereocenters. The van der Waals surface area contributed by atoms with Crippen molar-refractivity contribution >= 4 is 0 Å². The summed E-state index contributed by atoms with van der Waals surface area (Å²) in [7, 11) is 0. The minimum atomic E-state index is -0.108. The average Bonchev–Trinajstić information content (AvgIpc) is 2.25. The van der Waals surface area contributed by atoms with E-state index in [-0.39, 0.29) is 5.82 Å². The third-order valence-electron chi connectivity index (χ3n) is 3.19. The first-order chi connectivity index (χ1) is 7.66. The second-order valence-corrected chi connectivity index (χ2v) is 5.09. The van der Waals surface area contributed by atoms with Gasteiger partial charge in [-0.25, -0.2) is 4.39 Å². The summed E-state index contributed by atoms with van der Waals surface area (Å²) in [6, 6.07) is 5.64. The highest BCUT2D eigenvalue weighted by Crippen LogP contribution is 2.30. The Balaban J connectivity index is 2.13. The lowest BCUT2D eigenvalue weighted by atomic mass is 9.87. The van der Waals surface area contributed by atoms with E-state index in [1.807, 2.05) is 6.07 Å². The van der Waals surface area contributed by atoms with Crippen LogP contribution in [0.4, 0.5) is 4.39 Å². The van der Waals surface area contributed by atoms with E-state index in [0.717, 1.165) is 19.4 Å². The predicted octanol–water partition coefficient (Wildman–Crippen LogP) is 3.45. The summed E-state index contributed by atoms with van der Waals surface area (Å²) in [5.41, 5.74) is 2.49. The van der Waals surface area contributed by atoms with Crippen molar-refractivity contribution in [3.8, 4) is 0 Å². The third kappa shape index (κ3) is 2.62. The zero-order valence-corrected chi connectivity index (χ0v) is 10.1. The van der Waals surface area contributed by atoms with Gasteiger partial charge in [-0.3, -0.25) is 0 Å². The van der Waals surface area contributed by atoms with E-state index in [1.54, 1.807) is 12.1 Å². The largest absolute Gasteiger partial charge is 0.310 e. The topological polar surface area (TPSA) is 12.0 Å². The van der Waals surface area contributed by atoms with Gasteiger partial charge < -0.3 is 5.32 Å². The predicted molar refractivity (Wildman–Crippen MR) is 64.9 cm³/mol. The Morgan fingerprint density at radius 1 is 1.44 bits per heavy atom. The molecule has 0 spiro atoms. The number of hydrogen-bond donors (Lipinski definition) is 1. The lowest BCUT2D eigenvalue weighted by Crippen LogP contribution is -2.28. The van der Waals surface area contributed by atoms with Gasteiger partial charge in [0.1, 0.15) is 5.82 Å². The van der Waals surface area contributed by atoms with E-state index >= 15 is 0 Å². The molecule has 0 bridgehead atoms. The molecular formula is C14H20FN. The first-order valence-electron chi connectivity index (χ1n) is 6.18. The van der Waals surface area contributed by atoms with Gasteiger partial charge in [-0.2, -0.15) is 0 Å². The van der Waals surface area contributed by atoms with Crippen molar-refractivity contribution in [3.63, 3.8) is 0 Å². The van der Waals surface area contributed by atoms with Gasteiger partial charge in [0, 0.05) is 6.04 Å². The molecule has 0 aliphatic heterocycles. The van der Waals surface area contributed by atoms with E-state index < -0.39 is 0 Å². The van der Waals surface area contributed by atoms with Crippen LogP contribution in [0.1, 0.15) is 43.9 Å². The van der Waals surface area contributed by atoms with Crippen molar-refractivity contribution in [2.24, 2.45) is 5.92 Å². The minimum Gasteiger partial charge on any atom is -0.310 e. The third-order valence-corrected chi connectivity index (χ3v) is 3.19. The van der Waals surface area contributed by atoms with Crippen LogP contribution in [0.2, 0.25) is 0 Å². The summed E-state index contributed by atoms with van der Waals surface area (Å²) in [5, 5.41) is 3.57. The number of fused-ring (bicyclic) bond motifs is 1. The number of halogens is 1. The van der Waals surface area contributed by atoms with Crippen LogP contribution in [0.25, 0.3) is 0 Å². The Morgan fingerprint density at radius 2 is 2.25 bits per heavy atom. The molecule has 16 heavy (non-hydrogen) atoms. The summed E-state index contributed by atoms with van der Waals surface area (Å²) >= 11 is 0. The van der Waals surface area contributed by atoms with Gasteiger partial charge in [0.2, 0.25) is 0 Å². The standard InChI is InChI=1S/C14H20FN/c1-10(2)9-16-14-5-3-4-11-8-12(15)6-7-13(11)14/h6-8,10,14,16H,3-5,9H2,1-2H3. The van der Waals surface area contributed by atoms with Gasteiger partial charge in [0.15, 0.2) is 0 Å². The fourth-order valence-electron chi connectivity index (χ4n) is 2.37. The molecule has 1 aliphatic carbocycles. The summed E-state index contributed by atoms with van der Waals surface area (Å²) in [5.74, 6) is 0.550. The highest BCUT2D eigenvalue weighted by atomic mass is 19.1. The lowest BCUT2D eigenvalue weighted by Gasteiger charge is -2.27.